The number of carbonyl (C=O) groups is 1. The van der Waals surface area contributed by atoms with Crippen LogP contribution in [0.5, 0.6) is 0 Å². The molecule has 124 valence electrons. The molecule has 0 saturated heterocycles. The van der Waals surface area contributed by atoms with Crippen molar-refractivity contribution in [3.05, 3.63) is 57.2 Å². The van der Waals surface area contributed by atoms with Crippen molar-refractivity contribution in [2.75, 3.05) is 5.32 Å². The Morgan fingerprint density at radius 3 is 2.75 bits per heavy atom. The molecule has 6 nitrogen and oxygen atoms in total. The third-order valence-corrected chi connectivity index (χ3v) is 4.23. The molecule has 2 aromatic heterocycles. The highest BCUT2D eigenvalue weighted by Crippen LogP contribution is 2.22. The van der Waals surface area contributed by atoms with Crippen molar-refractivity contribution in [3.63, 3.8) is 0 Å². The van der Waals surface area contributed by atoms with Crippen LogP contribution in [0.1, 0.15) is 24.5 Å². The van der Waals surface area contributed by atoms with Gasteiger partial charge in [-0.25, -0.2) is 4.98 Å². The fourth-order valence-electron chi connectivity index (χ4n) is 2.69. The summed E-state index contributed by atoms with van der Waals surface area (Å²) < 4.78 is 1.39. The molecule has 0 saturated carbocycles. The van der Waals surface area contributed by atoms with Crippen molar-refractivity contribution < 1.29 is 4.79 Å². The molecule has 3 aromatic rings. The van der Waals surface area contributed by atoms with E-state index in [-0.39, 0.29) is 11.5 Å². The molecular formula is C17H17ClN4O2. The zero-order chi connectivity index (χ0) is 17.4. The smallest absolute Gasteiger partial charge is 0.263 e. The molecular weight excluding hydrogens is 328 g/mol. The van der Waals surface area contributed by atoms with Crippen molar-refractivity contribution in [2.45, 2.75) is 26.8 Å². The van der Waals surface area contributed by atoms with E-state index in [1.807, 2.05) is 6.92 Å². The normalized spacial score (nSPS) is 12.3. The minimum Gasteiger partial charge on any atom is -0.343 e. The lowest BCUT2D eigenvalue weighted by Crippen LogP contribution is -2.33. The number of anilines is 1. The number of nitrogens with one attached hydrogen (secondary N) is 2. The summed E-state index contributed by atoms with van der Waals surface area (Å²) in [5, 5.41) is 3.66. The van der Waals surface area contributed by atoms with E-state index in [1.54, 1.807) is 44.2 Å². The predicted octanol–water partition coefficient (Wildman–Crippen LogP) is 3.19. The van der Waals surface area contributed by atoms with E-state index in [0.717, 1.165) is 5.69 Å². The largest absolute Gasteiger partial charge is 0.343 e. The third kappa shape index (κ3) is 2.80. The maximum absolute atomic E-state index is 12.7. The lowest BCUT2D eigenvalue weighted by Gasteiger charge is -2.17. The Hall–Kier alpha value is -2.60. The van der Waals surface area contributed by atoms with Gasteiger partial charge < -0.3 is 10.3 Å². The molecule has 0 aliphatic carbocycles. The van der Waals surface area contributed by atoms with Gasteiger partial charge in [0.05, 0.1) is 16.1 Å². The number of benzene rings is 1. The summed E-state index contributed by atoms with van der Waals surface area (Å²) >= 11 is 6.06. The molecule has 0 spiro atoms. The van der Waals surface area contributed by atoms with Gasteiger partial charge in [0, 0.05) is 5.69 Å². The lowest BCUT2D eigenvalue weighted by molar-refractivity contribution is -0.118. The van der Waals surface area contributed by atoms with Gasteiger partial charge in [-0.2, -0.15) is 0 Å². The van der Waals surface area contributed by atoms with Crippen LogP contribution in [0.3, 0.4) is 0 Å². The van der Waals surface area contributed by atoms with Gasteiger partial charge in [-0.3, -0.25) is 14.2 Å². The van der Waals surface area contributed by atoms with E-state index >= 15 is 0 Å². The van der Waals surface area contributed by atoms with Crippen LogP contribution in [0, 0.1) is 13.8 Å². The number of rotatable bonds is 3. The molecule has 1 atom stereocenters. The first-order valence-electron chi connectivity index (χ1n) is 7.52. The molecule has 2 heterocycles. The molecule has 1 amide bonds. The number of aromatic amines is 1. The highest BCUT2D eigenvalue weighted by molar-refractivity contribution is 6.33. The van der Waals surface area contributed by atoms with Gasteiger partial charge in [0.25, 0.3) is 5.56 Å². The first-order valence-corrected chi connectivity index (χ1v) is 7.90. The highest BCUT2D eigenvalue weighted by Gasteiger charge is 2.21. The van der Waals surface area contributed by atoms with Crippen molar-refractivity contribution in [1.82, 2.24) is 14.5 Å². The standard InChI is InChI=1S/C17H17ClN4O2/c1-9-8-12-15(19-9)20-11(3)22(17(12)24)10(2)16(23)21-14-7-5-4-6-13(14)18/h4-8,10,19H,1-3H3,(H,21,23). The minimum atomic E-state index is -0.721. The van der Waals surface area contributed by atoms with Gasteiger partial charge in [0.2, 0.25) is 5.91 Å². The first kappa shape index (κ1) is 16.3. The molecule has 0 aliphatic rings. The van der Waals surface area contributed by atoms with Crippen molar-refractivity contribution >= 4 is 34.2 Å². The Morgan fingerprint density at radius 1 is 1.33 bits per heavy atom. The molecule has 0 radical (unpaired) electrons. The highest BCUT2D eigenvalue weighted by atomic mass is 35.5. The molecule has 7 heteroatoms. The summed E-state index contributed by atoms with van der Waals surface area (Å²) in [4.78, 5) is 32.7. The quantitative estimate of drug-likeness (QED) is 0.765. The number of aromatic nitrogens is 3. The Labute approximate surface area is 143 Å². The molecule has 2 N–H and O–H groups in total. The maximum atomic E-state index is 12.7. The van der Waals surface area contributed by atoms with Gasteiger partial charge in [-0.15, -0.1) is 0 Å². The summed E-state index contributed by atoms with van der Waals surface area (Å²) in [6, 6.07) is 7.97. The number of nitrogens with zero attached hydrogens (tertiary/aromatic N) is 2. The zero-order valence-electron chi connectivity index (χ0n) is 13.6. The van der Waals surface area contributed by atoms with Crippen molar-refractivity contribution in [2.24, 2.45) is 0 Å². The van der Waals surface area contributed by atoms with Crippen molar-refractivity contribution in [1.29, 1.82) is 0 Å². The number of hydrogen-bond acceptors (Lipinski definition) is 3. The second kappa shape index (κ2) is 6.13. The van der Waals surface area contributed by atoms with Gasteiger partial charge in [0.15, 0.2) is 0 Å². The number of amides is 1. The summed E-state index contributed by atoms with van der Waals surface area (Å²) in [7, 11) is 0. The second-order valence-electron chi connectivity index (χ2n) is 5.69. The molecule has 0 aliphatic heterocycles. The molecule has 0 fully saturated rings. The number of carbonyl (C=O) groups excluding carboxylic acids is 1. The van der Waals surface area contributed by atoms with E-state index < -0.39 is 6.04 Å². The maximum Gasteiger partial charge on any atom is 0.263 e. The van der Waals surface area contributed by atoms with Crippen molar-refractivity contribution in [3.8, 4) is 0 Å². The molecule has 24 heavy (non-hydrogen) atoms. The summed E-state index contributed by atoms with van der Waals surface area (Å²) in [5.41, 5.74) is 1.64. The predicted molar refractivity (Wildman–Crippen MR) is 94.6 cm³/mol. The van der Waals surface area contributed by atoms with Crippen LogP contribution in [0.2, 0.25) is 5.02 Å². The van der Waals surface area contributed by atoms with E-state index in [0.29, 0.717) is 27.6 Å². The SMILES string of the molecule is Cc1cc2c(=O)n(C(C)C(=O)Nc3ccccc3Cl)c(C)nc2[nH]1. The summed E-state index contributed by atoms with van der Waals surface area (Å²) in [6.45, 7) is 5.22. The second-order valence-corrected chi connectivity index (χ2v) is 6.10. The Morgan fingerprint density at radius 2 is 2.04 bits per heavy atom. The average Bonchev–Trinajstić information content (AvgIpc) is 2.90. The monoisotopic (exact) mass is 344 g/mol. The number of para-hydroxylation sites is 1. The molecule has 1 unspecified atom stereocenters. The van der Waals surface area contributed by atoms with Gasteiger partial charge in [-0.05, 0) is 39.0 Å². The Balaban J connectivity index is 1.99. The molecule has 0 bridgehead atoms. The van der Waals surface area contributed by atoms with Crippen LogP contribution in [0.4, 0.5) is 5.69 Å². The molecule has 1 aromatic carbocycles. The summed E-state index contributed by atoms with van der Waals surface area (Å²) in [5.74, 6) is 0.137. The third-order valence-electron chi connectivity index (χ3n) is 3.90. The van der Waals surface area contributed by atoms with Gasteiger partial charge in [0.1, 0.15) is 17.5 Å². The Kier molecular flexibility index (Phi) is 4.15. The first-order chi connectivity index (χ1) is 11.4. The van der Waals surface area contributed by atoms with E-state index in [4.69, 9.17) is 11.6 Å². The van der Waals surface area contributed by atoms with Crippen LogP contribution in [-0.2, 0) is 4.79 Å². The number of hydrogen-bond donors (Lipinski definition) is 2. The fourth-order valence-corrected chi connectivity index (χ4v) is 2.87. The van der Waals surface area contributed by atoms with Crippen LogP contribution >= 0.6 is 11.6 Å². The number of H-pyrrole nitrogens is 1. The van der Waals surface area contributed by atoms with Gasteiger partial charge in [-0.1, -0.05) is 23.7 Å². The van der Waals surface area contributed by atoms with Crippen LogP contribution in [0.15, 0.2) is 35.1 Å². The summed E-state index contributed by atoms with van der Waals surface area (Å²) in [6.07, 6.45) is 0. The minimum absolute atomic E-state index is 0.247. The van der Waals surface area contributed by atoms with E-state index in [2.05, 4.69) is 15.3 Å². The van der Waals surface area contributed by atoms with Gasteiger partial charge >= 0.3 is 0 Å². The number of aryl methyl sites for hydroxylation is 2. The Bertz CT molecular complexity index is 990. The zero-order valence-corrected chi connectivity index (χ0v) is 14.3. The topological polar surface area (TPSA) is 79.8 Å². The fraction of sp³-hybridized carbons (Fsp3) is 0.235. The van der Waals surface area contributed by atoms with Crippen LogP contribution in [-0.4, -0.2) is 20.4 Å². The van der Waals surface area contributed by atoms with Crippen LogP contribution in [0.25, 0.3) is 11.0 Å². The number of halogens is 1. The number of fused-ring (bicyclic) bond motifs is 1. The van der Waals surface area contributed by atoms with E-state index in [1.165, 1.54) is 4.57 Å². The molecule has 3 rings (SSSR count). The van der Waals surface area contributed by atoms with E-state index in [9.17, 15) is 9.59 Å². The van der Waals surface area contributed by atoms with Crippen LogP contribution < -0.4 is 10.9 Å². The lowest BCUT2D eigenvalue weighted by atomic mass is 10.2. The average molecular weight is 345 g/mol.